The highest BCUT2D eigenvalue weighted by molar-refractivity contribution is 9.10. The Bertz CT molecular complexity index is 616. The molecule has 0 bridgehead atoms. The third kappa shape index (κ3) is 2.18. The summed E-state index contributed by atoms with van der Waals surface area (Å²) in [5.74, 6) is -0.693. The molecule has 1 aliphatic heterocycles. The van der Waals surface area contributed by atoms with E-state index < -0.39 is 11.4 Å². The van der Waals surface area contributed by atoms with Crippen LogP contribution in [0.4, 0.5) is 0 Å². The number of carboxylic acid groups (broad SMARTS) is 1. The summed E-state index contributed by atoms with van der Waals surface area (Å²) in [6, 6.07) is 5.56. The van der Waals surface area contributed by atoms with Gasteiger partial charge in [0.25, 0.3) is 5.91 Å². The molecule has 0 aromatic heterocycles. The number of hydrogen-bond donors (Lipinski definition) is 1. The van der Waals surface area contributed by atoms with Crippen LogP contribution in [0, 0.1) is 18.3 Å². The van der Waals surface area contributed by atoms with Gasteiger partial charge in [-0.25, -0.2) is 0 Å². The van der Waals surface area contributed by atoms with E-state index in [-0.39, 0.29) is 11.8 Å². The van der Waals surface area contributed by atoms with E-state index in [1.807, 2.05) is 25.1 Å². The van der Waals surface area contributed by atoms with Gasteiger partial charge in [-0.3, -0.25) is 9.59 Å². The van der Waals surface area contributed by atoms with Gasteiger partial charge in [0.1, 0.15) is 0 Å². The van der Waals surface area contributed by atoms with Crippen molar-refractivity contribution in [1.82, 2.24) is 4.90 Å². The summed E-state index contributed by atoms with van der Waals surface area (Å²) in [5, 5.41) is 9.60. The first-order chi connectivity index (χ1) is 9.95. The molecule has 4 nitrogen and oxygen atoms in total. The molecule has 1 aromatic carbocycles. The second-order valence-corrected chi connectivity index (χ2v) is 7.00. The number of likely N-dealkylation sites (tertiary alicyclic amines) is 1. The third-order valence-corrected chi connectivity index (χ3v) is 5.94. The molecule has 2 fully saturated rings. The first-order valence-corrected chi connectivity index (χ1v) is 8.03. The van der Waals surface area contributed by atoms with Crippen molar-refractivity contribution in [2.24, 2.45) is 11.3 Å². The van der Waals surface area contributed by atoms with Gasteiger partial charge in [-0.1, -0.05) is 28.4 Å². The quantitative estimate of drug-likeness (QED) is 0.890. The van der Waals surface area contributed by atoms with E-state index in [0.717, 1.165) is 22.9 Å². The zero-order chi connectivity index (χ0) is 15.2. The summed E-state index contributed by atoms with van der Waals surface area (Å²) in [6.45, 7) is 2.82. The Balaban J connectivity index is 1.88. The minimum absolute atomic E-state index is 0.0520. The van der Waals surface area contributed by atoms with Gasteiger partial charge in [0, 0.05) is 23.1 Å². The molecular formula is C16H18BrNO3. The Kier molecular flexibility index (Phi) is 3.56. The van der Waals surface area contributed by atoms with Crippen LogP contribution in [0.2, 0.25) is 0 Å². The number of rotatable bonds is 2. The lowest BCUT2D eigenvalue weighted by Crippen LogP contribution is -2.37. The minimum Gasteiger partial charge on any atom is -0.481 e. The van der Waals surface area contributed by atoms with E-state index in [1.165, 1.54) is 0 Å². The maximum atomic E-state index is 12.7. The fourth-order valence-electron chi connectivity index (χ4n) is 3.80. The summed E-state index contributed by atoms with van der Waals surface area (Å²) < 4.78 is 0.903. The molecule has 0 spiro atoms. The molecule has 0 radical (unpaired) electrons. The van der Waals surface area contributed by atoms with Crippen molar-refractivity contribution in [3.8, 4) is 0 Å². The van der Waals surface area contributed by atoms with E-state index in [2.05, 4.69) is 15.9 Å². The molecule has 5 heteroatoms. The molecule has 3 rings (SSSR count). The third-order valence-electron chi connectivity index (χ3n) is 5.08. The number of amides is 1. The molecule has 21 heavy (non-hydrogen) atoms. The van der Waals surface area contributed by atoms with E-state index >= 15 is 0 Å². The van der Waals surface area contributed by atoms with Crippen LogP contribution in [0.3, 0.4) is 0 Å². The number of nitrogens with zero attached hydrogens (tertiary/aromatic N) is 1. The Labute approximate surface area is 132 Å². The monoisotopic (exact) mass is 351 g/mol. The lowest BCUT2D eigenvalue weighted by molar-refractivity contribution is -0.149. The molecule has 1 heterocycles. The normalized spacial score (nSPS) is 27.7. The van der Waals surface area contributed by atoms with Gasteiger partial charge in [0.05, 0.1) is 5.41 Å². The zero-order valence-electron chi connectivity index (χ0n) is 11.9. The average Bonchev–Trinajstić information content (AvgIpc) is 2.98. The largest absolute Gasteiger partial charge is 0.481 e. The molecule has 1 saturated heterocycles. The summed E-state index contributed by atoms with van der Waals surface area (Å²) in [5.41, 5.74) is 0.851. The highest BCUT2D eigenvalue weighted by Gasteiger charge is 2.55. The highest BCUT2D eigenvalue weighted by atomic mass is 79.9. The minimum atomic E-state index is -0.744. The number of carboxylic acids is 1. The smallest absolute Gasteiger partial charge is 0.311 e. The van der Waals surface area contributed by atoms with Crippen molar-refractivity contribution in [3.05, 3.63) is 33.8 Å². The van der Waals surface area contributed by atoms with E-state index in [0.29, 0.717) is 25.1 Å². The van der Waals surface area contributed by atoms with Crippen LogP contribution in [0.5, 0.6) is 0 Å². The zero-order valence-corrected chi connectivity index (χ0v) is 13.5. The number of carbonyl (C=O) groups is 2. The van der Waals surface area contributed by atoms with Crippen molar-refractivity contribution in [2.75, 3.05) is 13.1 Å². The number of fused-ring (bicyclic) bond motifs is 1. The standard InChI is InChI=1S/C16H18BrNO3/c1-10-12(5-2-6-13(10)17)14(19)18-8-11-4-3-7-16(11,9-18)15(20)21/h2,5-6,11H,3-4,7-9H2,1H3,(H,20,21)/t11-,16+/m0/s1. The molecule has 2 aliphatic rings. The fourth-order valence-corrected chi connectivity index (χ4v) is 4.17. The van der Waals surface area contributed by atoms with Crippen molar-refractivity contribution >= 4 is 27.8 Å². The molecule has 1 saturated carbocycles. The maximum absolute atomic E-state index is 12.7. The molecule has 0 unspecified atom stereocenters. The number of hydrogen-bond acceptors (Lipinski definition) is 2. The SMILES string of the molecule is Cc1c(Br)cccc1C(=O)N1C[C@@H]2CCC[C@@]2(C(=O)O)C1. The number of benzene rings is 1. The van der Waals surface area contributed by atoms with Gasteiger partial charge in [-0.15, -0.1) is 0 Å². The predicted octanol–water partition coefficient (Wildman–Crippen LogP) is 3.08. The molecule has 1 aromatic rings. The summed E-state index contributed by atoms with van der Waals surface area (Å²) in [6.07, 6.45) is 2.55. The summed E-state index contributed by atoms with van der Waals surface area (Å²) in [4.78, 5) is 26.1. The second kappa shape index (κ2) is 5.13. The van der Waals surface area contributed by atoms with Crippen LogP contribution in [0.15, 0.2) is 22.7 Å². The second-order valence-electron chi connectivity index (χ2n) is 6.15. The van der Waals surface area contributed by atoms with Crippen molar-refractivity contribution in [3.63, 3.8) is 0 Å². The molecule has 112 valence electrons. The molecule has 1 aliphatic carbocycles. The Morgan fingerprint density at radius 1 is 1.43 bits per heavy atom. The van der Waals surface area contributed by atoms with Gasteiger partial charge in [-0.05, 0) is 43.4 Å². The molecule has 1 N–H and O–H groups in total. The van der Waals surface area contributed by atoms with Gasteiger partial charge < -0.3 is 10.0 Å². The van der Waals surface area contributed by atoms with Gasteiger partial charge >= 0.3 is 5.97 Å². The van der Waals surface area contributed by atoms with Crippen LogP contribution in [-0.2, 0) is 4.79 Å². The van der Waals surface area contributed by atoms with Crippen LogP contribution in [0.25, 0.3) is 0 Å². The first-order valence-electron chi connectivity index (χ1n) is 7.23. The van der Waals surface area contributed by atoms with Crippen molar-refractivity contribution in [2.45, 2.75) is 26.2 Å². The molecular weight excluding hydrogens is 334 g/mol. The average molecular weight is 352 g/mol. The number of carbonyl (C=O) groups excluding carboxylic acids is 1. The lowest BCUT2D eigenvalue weighted by Gasteiger charge is -2.23. The van der Waals surface area contributed by atoms with Crippen LogP contribution in [0.1, 0.15) is 35.2 Å². The van der Waals surface area contributed by atoms with E-state index in [1.54, 1.807) is 4.90 Å². The van der Waals surface area contributed by atoms with Crippen LogP contribution < -0.4 is 0 Å². The molecule has 1 amide bonds. The van der Waals surface area contributed by atoms with Crippen molar-refractivity contribution in [1.29, 1.82) is 0 Å². The van der Waals surface area contributed by atoms with Crippen LogP contribution >= 0.6 is 15.9 Å². The van der Waals surface area contributed by atoms with Gasteiger partial charge in [0.2, 0.25) is 0 Å². The van der Waals surface area contributed by atoms with Gasteiger partial charge in [0.15, 0.2) is 0 Å². The molecule has 2 atom stereocenters. The first kappa shape index (κ1) is 14.6. The lowest BCUT2D eigenvalue weighted by atomic mass is 9.81. The fraction of sp³-hybridized carbons (Fsp3) is 0.500. The summed E-state index contributed by atoms with van der Waals surface area (Å²) >= 11 is 3.44. The Morgan fingerprint density at radius 3 is 2.86 bits per heavy atom. The maximum Gasteiger partial charge on any atom is 0.311 e. The number of aliphatic carboxylic acids is 1. The Morgan fingerprint density at radius 2 is 2.19 bits per heavy atom. The van der Waals surface area contributed by atoms with E-state index in [9.17, 15) is 14.7 Å². The number of halogens is 1. The highest BCUT2D eigenvalue weighted by Crippen LogP contribution is 2.49. The Hall–Kier alpha value is -1.36. The van der Waals surface area contributed by atoms with E-state index in [4.69, 9.17) is 0 Å². The topological polar surface area (TPSA) is 57.6 Å². The van der Waals surface area contributed by atoms with Crippen molar-refractivity contribution < 1.29 is 14.7 Å². The summed E-state index contributed by atoms with van der Waals surface area (Å²) in [7, 11) is 0. The van der Waals surface area contributed by atoms with Crippen LogP contribution in [-0.4, -0.2) is 35.0 Å². The predicted molar refractivity (Wildman–Crippen MR) is 82.2 cm³/mol. The van der Waals surface area contributed by atoms with Gasteiger partial charge in [-0.2, -0.15) is 0 Å².